The van der Waals surface area contributed by atoms with Gasteiger partial charge in [-0.3, -0.25) is 4.72 Å². The van der Waals surface area contributed by atoms with E-state index < -0.39 is 10.0 Å². The van der Waals surface area contributed by atoms with Crippen LogP contribution in [0.2, 0.25) is 0 Å². The number of sulfonamides is 1. The van der Waals surface area contributed by atoms with Crippen LogP contribution >= 0.6 is 22.7 Å². The fourth-order valence-electron chi connectivity index (χ4n) is 1.37. The number of hydrogen-bond donors (Lipinski definition) is 2. The zero-order chi connectivity index (χ0) is 13.7. The second-order valence-corrected chi connectivity index (χ2v) is 7.66. The number of rotatable bonds is 7. The Morgan fingerprint density at radius 1 is 1.37 bits per heavy atom. The Morgan fingerprint density at radius 3 is 2.89 bits per heavy atom. The number of anilines is 1. The fourth-order valence-corrected chi connectivity index (χ4v) is 4.39. The second-order valence-electron chi connectivity index (χ2n) is 3.75. The smallest absolute Gasteiger partial charge is 0.273 e. The number of nitrogens with one attached hydrogen (secondary N) is 2. The lowest BCUT2D eigenvalue weighted by atomic mass is 10.4. The van der Waals surface area contributed by atoms with E-state index in [1.807, 2.05) is 6.07 Å². The van der Waals surface area contributed by atoms with Gasteiger partial charge < -0.3 is 5.32 Å². The first-order valence-corrected chi connectivity index (χ1v) is 8.88. The van der Waals surface area contributed by atoms with Gasteiger partial charge in [0.25, 0.3) is 10.0 Å². The number of aromatic nitrogens is 2. The monoisotopic (exact) mass is 318 g/mol. The van der Waals surface area contributed by atoms with Crippen LogP contribution in [-0.4, -0.2) is 25.2 Å². The standard InChI is InChI=1S/C10H14N4O2S3/c1-2-5-11-6-8-3-4-9(18-8)19(15,16)14-10-13-12-7-17-10/h3-4,7,11H,2,5-6H2,1H3,(H,13,14). The predicted octanol–water partition coefficient (Wildman–Crippen LogP) is 1.90. The Balaban J connectivity index is 2.04. The van der Waals surface area contributed by atoms with Gasteiger partial charge in [-0.1, -0.05) is 18.3 Å². The minimum Gasteiger partial charge on any atom is -0.312 e. The molecule has 0 aliphatic rings. The lowest BCUT2D eigenvalue weighted by molar-refractivity contribution is 0.603. The molecule has 19 heavy (non-hydrogen) atoms. The molecule has 6 nitrogen and oxygen atoms in total. The highest BCUT2D eigenvalue weighted by Crippen LogP contribution is 2.24. The van der Waals surface area contributed by atoms with Gasteiger partial charge in [-0.25, -0.2) is 8.42 Å². The van der Waals surface area contributed by atoms with E-state index in [0.717, 1.165) is 29.2 Å². The summed E-state index contributed by atoms with van der Waals surface area (Å²) in [6.07, 6.45) is 1.05. The van der Waals surface area contributed by atoms with E-state index in [4.69, 9.17) is 0 Å². The lowest BCUT2D eigenvalue weighted by Gasteiger charge is -2.01. The Hall–Kier alpha value is -1.03. The first-order valence-electron chi connectivity index (χ1n) is 5.70. The Morgan fingerprint density at radius 2 is 2.21 bits per heavy atom. The van der Waals surface area contributed by atoms with Crippen LogP contribution < -0.4 is 10.0 Å². The zero-order valence-corrected chi connectivity index (χ0v) is 12.7. The van der Waals surface area contributed by atoms with Crippen LogP contribution in [0.15, 0.2) is 21.9 Å². The number of nitrogens with zero attached hydrogens (tertiary/aromatic N) is 2. The van der Waals surface area contributed by atoms with Crippen LogP contribution in [0.5, 0.6) is 0 Å². The summed E-state index contributed by atoms with van der Waals surface area (Å²) in [6, 6.07) is 3.43. The van der Waals surface area contributed by atoms with Crippen LogP contribution in [0.25, 0.3) is 0 Å². The third-order valence-corrected chi connectivity index (χ3v) is 5.86. The average molecular weight is 318 g/mol. The minimum absolute atomic E-state index is 0.277. The number of hydrogen-bond acceptors (Lipinski definition) is 7. The summed E-state index contributed by atoms with van der Waals surface area (Å²) in [5, 5.41) is 10.8. The molecule has 0 radical (unpaired) electrons. The molecule has 0 aromatic carbocycles. The van der Waals surface area contributed by atoms with Crippen molar-refractivity contribution in [3.63, 3.8) is 0 Å². The maximum absolute atomic E-state index is 12.1. The van der Waals surface area contributed by atoms with Gasteiger partial charge in [-0.05, 0) is 25.1 Å². The van der Waals surface area contributed by atoms with E-state index in [-0.39, 0.29) is 9.34 Å². The van der Waals surface area contributed by atoms with Gasteiger partial charge >= 0.3 is 0 Å². The molecule has 9 heteroatoms. The Labute approximate surface area is 119 Å². The summed E-state index contributed by atoms with van der Waals surface area (Å²) in [6.45, 7) is 3.69. The van der Waals surface area contributed by atoms with Gasteiger partial charge in [0.1, 0.15) is 9.72 Å². The summed E-state index contributed by atoms with van der Waals surface area (Å²) in [7, 11) is -3.54. The fraction of sp³-hybridized carbons (Fsp3) is 0.400. The topological polar surface area (TPSA) is 84.0 Å². The lowest BCUT2D eigenvalue weighted by Crippen LogP contribution is -2.13. The molecular weight excluding hydrogens is 304 g/mol. The maximum atomic E-state index is 12.1. The molecule has 2 heterocycles. The zero-order valence-electron chi connectivity index (χ0n) is 10.3. The molecular formula is C10H14N4O2S3. The molecule has 2 aromatic rings. The molecule has 0 amide bonds. The van der Waals surface area contributed by atoms with E-state index >= 15 is 0 Å². The first kappa shape index (κ1) is 14.4. The van der Waals surface area contributed by atoms with Gasteiger partial charge in [-0.2, -0.15) is 0 Å². The highest BCUT2D eigenvalue weighted by molar-refractivity contribution is 7.94. The summed E-state index contributed by atoms with van der Waals surface area (Å²) in [5.41, 5.74) is 1.48. The molecule has 0 atom stereocenters. The van der Waals surface area contributed by atoms with Gasteiger partial charge in [0, 0.05) is 11.4 Å². The molecule has 2 rings (SSSR count). The molecule has 0 fully saturated rings. The first-order chi connectivity index (χ1) is 9.12. The highest BCUT2D eigenvalue weighted by Gasteiger charge is 2.18. The minimum atomic E-state index is -3.54. The third-order valence-electron chi connectivity index (χ3n) is 2.21. The maximum Gasteiger partial charge on any atom is 0.273 e. The van der Waals surface area contributed by atoms with Crippen molar-refractivity contribution < 1.29 is 8.42 Å². The molecule has 0 aliphatic heterocycles. The van der Waals surface area contributed by atoms with E-state index in [0.29, 0.717) is 6.54 Å². The molecule has 0 saturated heterocycles. The molecule has 104 valence electrons. The normalized spacial score (nSPS) is 11.6. The summed E-state index contributed by atoms with van der Waals surface area (Å²) in [5.74, 6) is 0. The Bertz CT molecular complexity index is 607. The van der Waals surface area contributed by atoms with Gasteiger partial charge in [0.2, 0.25) is 5.13 Å². The molecule has 2 N–H and O–H groups in total. The average Bonchev–Trinajstić information content (AvgIpc) is 3.00. The van der Waals surface area contributed by atoms with Crippen molar-refractivity contribution >= 4 is 37.8 Å². The molecule has 0 spiro atoms. The van der Waals surface area contributed by atoms with Crippen molar-refractivity contribution in [2.45, 2.75) is 24.1 Å². The van der Waals surface area contributed by atoms with Gasteiger partial charge in [-0.15, -0.1) is 21.5 Å². The van der Waals surface area contributed by atoms with E-state index in [9.17, 15) is 8.42 Å². The Kier molecular flexibility index (Phi) is 4.86. The largest absolute Gasteiger partial charge is 0.312 e. The van der Waals surface area contributed by atoms with Crippen LogP contribution in [0.3, 0.4) is 0 Å². The predicted molar refractivity (Wildman–Crippen MR) is 77.0 cm³/mol. The van der Waals surface area contributed by atoms with E-state index in [1.165, 1.54) is 16.8 Å². The van der Waals surface area contributed by atoms with Gasteiger partial charge in [0.15, 0.2) is 0 Å². The molecule has 0 unspecified atom stereocenters. The van der Waals surface area contributed by atoms with Crippen molar-refractivity contribution in [3.05, 3.63) is 22.5 Å². The highest BCUT2D eigenvalue weighted by atomic mass is 32.2. The summed E-state index contributed by atoms with van der Waals surface area (Å²) >= 11 is 2.40. The van der Waals surface area contributed by atoms with E-state index in [2.05, 4.69) is 27.2 Å². The van der Waals surface area contributed by atoms with Crippen LogP contribution in [0.4, 0.5) is 5.13 Å². The quantitative estimate of drug-likeness (QED) is 0.762. The van der Waals surface area contributed by atoms with Crippen molar-refractivity contribution in [3.8, 4) is 0 Å². The molecule has 0 saturated carbocycles. The SMILES string of the molecule is CCCNCc1ccc(S(=O)(=O)Nc2nncs2)s1. The van der Waals surface area contributed by atoms with Crippen molar-refractivity contribution in [2.75, 3.05) is 11.3 Å². The molecule has 2 aromatic heterocycles. The van der Waals surface area contributed by atoms with Crippen molar-refractivity contribution in [2.24, 2.45) is 0 Å². The van der Waals surface area contributed by atoms with Gasteiger partial charge in [0.05, 0.1) is 0 Å². The molecule has 0 bridgehead atoms. The molecule has 0 aliphatic carbocycles. The van der Waals surface area contributed by atoms with Crippen molar-refractivity contribution in [1.82, 2.24) is 15.5 Å². The van der Waals surface area contributed by atoms with Crippen LogP contribution in [0, 0.1) is 0 Å². The third kappa shape index (κ3) is 3.96. The summed E-state index contributed by atoms with van der Waals surface area (Å²) in [4.78, 5) is 0.992. The van der Waals surface area contributed by atoms with E-state index in [1.54, 1.807) is 6.07 Å². The van der Waals surface area contributed by atoms with Crippen LogP contribution in [0.1, 0.15) is 18.2 Å². The van der Waals surface area contributed by atoms with Crippen LogP contribution in [-0.2, 0) is 16.6 Å². The number of thiophene rings is 1. The van der Waals surface area contributed by atoms with Crippen molar-refractivity contribution in [1.29, 1.82) is 0 Å². The second kappa shape index (κ2) is 6.42. The summed E-state index contributed by atoms with van der Waals surface area (Å²) < 4.78 is 26.8.